The smallest absolute Gasteiger partial charge is 0.306 e. The number of carbonyl (C=O) groups is 1. The summed E-state index contributed by atoms with van der Waals surface area (Å²) in [6, 6.07) is 9.75. The molecule has 1 heterocycles. The molecule has 180 valence electrons. The fraction of sp³-hybridized carbons (Fsp3) is 0.360. The van der Waals surface area contributed by atoms with E-state index in [4.69, 9.17) is 40.1 Å². The van der Waals surface area contributed by atoms with Gasteiger partial charge in [-0.2, -0.15) is 0 Å². The van der Waals surface area contributed by atoms with E-state index in [0.29, 0.717) is 52.7 Å². The van der Waals surface area contributed by atoms with Gasteiger partial charge in [0.1, 0.15) is 18.1 Å². The lowest BCUT2D eigenvalue weighted by molar-refractivity contribution is -0.151. The minimum Gasteiger partial charge on any atom is -0.493 e. The van der Waals surface area contributed by atoms with Crippen molar-refractivity contribution in [1.29, 1.82) is 0 Å². The zero-order chi connectivity index (χ0) is 24.2. The number of ether oxygens (including phenoxy) is 4. The van der Waals surface area contributed by atoms with Gasteiger partial charge in [-0.3, -0.25) is 9.59 Å². The monoisotopic (exact) mass is 488 g/mol. The Hall–Kier alpha value is -3.23. The summed E-state index contributed by atoms with van der Waals surface area (Å²) < 4.78 is 28.8. The van der Waals surface area contributed by atoms with Crippen LogP contribution in [0.5, 0.6) is 17.2 Å². The third-order valence-electron chi connectivity index (χ3n) is 5.68. The highest BCUT2D eigenvalue weighted by atomic mass is 35.5. The molecule has 1 aromatic heterocycles. The van der Waals surface area contributed by atoms with Gasteiger partial charge in [0, 0.05) is 12.1 Å². The number of fused-ring (bicyclic) bond motifs is 1. The highest BCUT2D eigenvalue weighted by Crippen LogP contribution is 2.41. The maximum atomic E-state index is 12.7. The predicted molar refractivity (Wildman–Crippen MR) is 126 cm³/mol. The molecular formula is C25H25ClO8. The summed E-state index contributed by atoms with van der Waals surface area (Å²) in [6.45, 7) is 2.75. The number of halogens is 1. The number of carboxylic acids is 1. The number of aliphatic carboxylic acids is 1. The van der Waals surface area contributed by atoms with Crippen LogP contribution < -0.4 is 19.6 Å². The molecule has 0 saturated heterocycles. The highest BCUT2D eigenvalue weighted by Gasteiger charge is 2.35. The molecule has 0 spiro atoms. The Morgan fingerprint density at radius 3 is 2.62 bits per heavy atom. The van der Waals surface area contributed by atoms with Gasteiger partial charge >= 0.3 is 5.97 Å². The average molecular weight is 489 g/mol. The maximum absolute atomic E-state index is 12.7. The summed E-state index contributed by atoms with van der Waals surface area (Å²) in [6.07, 6.45) is 0.917. The van der Waals surface area contributed by atoms with Gasteiger partial charge in [0.15, 0.2) is 22.5 Å². The molecule has 4 rings (SSSR count). The second-order valence-corrected chi connectivity index (χ2v) is 8.28. The van der Waals surface area contributed by atoms with Crippen molar-refractivity contribution in [2.24, 2.45) is 5.92 Å². The van der Waals surface area contributed by atoms with E-state index in [9.17, 15) is 9.59 Å². The standard InChI is InChI=1S/C25H25ClO8/c1-3-31-23-11-17(21-12-19(27)16-5-4-6-18(26)24(16)34-21)20(13-22(23)30-2)33-8-7-32-15-9-14(10-15)25(28)29/h4-6,11-15H,3,7-10H2,1-2H3,(H,28,29). The van der Waals surface area contributed by atoms with Crippen molar-refractivity contribution in [3.8, 4) is 28.6 Å². The predicted octanol–water partition coefficient (Wildman–Crippen LogP) is 4.78. The van der Waals surface area contributed by atoms with Crippen molar-refractivity contribution in [2.45, 2.75) is 25.9 Å². The van der Waals surface area contributed by atoms with Crippen molar-refractivity contribution < 1.29 is 33.3 Å². The number of hydrogen-bond donors (Lipinski definition) is 1. The van der Waals surface area contributed by atoms with Crippen LogP contribution in [-0.4, -0.2) is 44.1 Å². The summed E-state index contributed by atoms with van der Waals surface area (Å²) in [5, 5.41) is 9.69. The lowest BCUT2D eigenvalue weighted by atomic mass is 9.82. The summed E-state index contributed by atoms with van der Waals surface area (Å²) in [5.41, 5.74) is 0.547. The molecule has 0 atom stereocenters. The topological polar surface area (TPSA) is 104 Å². The SMILES string of the molecule is CCOc1cc(-c2cc(=O)c3cccc(Cl)c3o2)c(OCCOC2CC(C(=O)O)C2)cc1OC. The number of para-hydroxylation sites is 1. The van der Waals surface area contributed by atoms with Crippen LogP contribution in [0.2, 0.25) is 5.02 Å². The number of carboxylic acid groups (broad SMARTS) is 1. The normalized spacial score (nSPS) is 17.3. The zero-order valence-electron chi connectivity index (χ0n) is 18.8. The quantitative estimate of drug-likeness (QED) is 0.406. The van der Waals surface area contributed by atoms with E-state index in [1.807, 2.05) is 6.92 Å². The summed E-state index contributed by atoms with van der Waals surface area (Å²) in [5.74, 6) is 0.490. The van der Waals surface area contributed by atoms with E-state index in [0.717, 1.165) is 0 Å². The van der Waals surface area contributed by atoms with E-state index in [1.165, 1.54) is 13.2 Å². The Labute approximate surface area is 200 Å². The fourth-order valence-corrected chi connectivity index (χ4v) is 4.04. The molecule has 0 amide bonds. The molecule has 1 fully saturated rings. The molecule has 1 saturated carbocycles. The third-order valence-corrected chi connectivity index (χ3v) is 5.97. The molecule has 8 nitrogen and oxygen atoms in total. The van der Waals surface area contributed by atoms with Crippen molar-refractivity contribution >= 4 is 28.5 Å². The Bertz CT molecular complexity index is 1250. The van der Waals surface area contributed by atoms with Gasteiger partial charge in [-0.05, 0) is 38.0 Å². The maximum Gasteiger partial charge on any atom is 0.306 e. The molecule has 0 aliphatic heterocycles. The van der Waals surface area contributed by atoms with E-state index >= 15 is 0 Å². The first-order chi connectivity index (χ1) is 16.4. The minimum absolute atomic E-state index is 0.0836. The summed E-state index contributed by atoms with van der Waals surface area (Å²) in [7, 11) is 1.52. The van der Waals surface area contributed by atoms with E-state index in [-0.39, 0.29) is 42.0 Å². The molecule has 1 aliphatic rings. The first-order valence-corrected chi connectivity index (χ1v) is 11.3. The van der Waals surface area contributed by atoms with Crippen molar-refractivity contribution in [3.05, 3.63) is 51.6 Å². The lowest BCUT2D eigenvalue weighted by Crippen LogP contribution is -2.37. The van der Waals surface area contributed by atoms with Crippen LogP contribution >= 0.6 is 11.6 Å². The first-order valence-electron chi connectivity index (χ1n) is 11.0. The second-order valence-electron chi connectivity index (χ2n) is 7.87. The fourth-order valence-electron chi connectivity index (χ4n) is 3.83. The van der Waals surface area contributed by atoms with E-state index in [2.05, 4.69) is 0 Å². The van der Waals surface area contributed by atoms with Gasteiger partial charge in [0.25, 0.3) is 0 Å². The van der Waals surface area contributed by atoms with Crippen LogP contribution in [0.4, 0.5) is 0 Å². The van der Waals surface area contributed by atoms with Gasteiger partial charge in [-0.1, -0.05) is 17.7 Å². The minimum atomic E-state index is -0.792. The molecule has 9 heteroatoms. The molecule has 1 N–H and O–H groups in total. The average Bonchev–Trinajstić information content (AvgIpc) is 2.78. The molecular weight excluding hydrogens is 464 g/mol. The van der Waals surface area contributed by atoms with E-state index in [1.54, 1.807) is 30.3 Å². The second kappa shape index (κ2) is 10.4. The van der Waals surface area contributed by atoms with Crippen LogP contribution in [0, 0.1) is 5.92 Å². The third kappa shape index (κ3) is 4.98. The highest BCUT2D eigenvalue weighted by molar-refractivity contribution is 6.34. The van der Waals surface area contributed by atoms with Crippen LogP contribution in [0.3, 0.4) is 0 Å². The van der Waals surface area contributed by atoms with Crippen molar-refractivity contribution in [2.75, 3.05) is 26.9 Å². The Morgan fingerprint density at radius 2 is 1.91 bits per heavy atom. The van der Waals surface area contributed by atoms with Crippen LogP contribution in [0.25, 0.3) is 22.3 Å². The van der Waals surface area contributed by atoms with Crippen LogP contribution in [0.1, 0.15) is 19.8 Å². The molecule has 0 unspecified atom stereocenters. The zero-order valence-corrected chi connectivity index (χ0v) is 19.6. The summed E-state index contributed by atoms with van der Waals surface area (Å²) >= 11 is 6.28. The van der Waals surface area contributed by atoms with Gasteiger partial charge < -0.3 is 28.5 Å². The van der Waals surface area contributed by atoms with Gasteiger partial charge in [0.2, 0.25) is 0 Å². The molecule has 0 radical (unpaired) electrons. The lowest BCUT2D eigenvalue weighted by Gasteiger charge is -2.32. The number of benzene rings is 2. The van der Waals surface area contributed by atoms with Crippen LogP contribution in [0.15, 0.2) is 45.6 Å². The Kier molecular flexibility index (Phi) is 7.29. The first kappa shape index (κ1) is 23.9. The molecule has 3 aromatic rings. The largest absolute Gasteiger partial charge is 0.493 e. The molecule has 2 aromatic carbocycles. The summed E-state index contributed by atoms with van der Waals surface area (Å²) in [4.78, 5) is 23.7. The number of methoxy groups -OCH3 is 1. The van der Waals surface area contributed by atoms with Crippen LogP contribution in [-0.2, 0) is 9.53 Å². The molecule has 34 heavy (non-hydrogen) atoms. The van der Waals surface area contributed by atoms with Gasteiger partial charge in [-0.15, -0.1) is 0 Å². The molecule has 1 aliphatic carbocycles. The van der Waals surface area contributed by atoms with Gasteiger partial charge in [0.05, 0.1) is 48.3 Å². The Morgan fingerprint density at radius 1 is 1.12 bits per heavy atom. The number of hydrogen-bond acceptors (Lipinski definition) is 7. The molecule has 0 bridgehead atoms. The van der Waals surface area contributed by atoms with Gasteiger partial charge in [-0.25, -0.2) is 0 Å². The van der Waals surface area contributed by atoms with Crippen molar-refractivity contribution in [1.82, 2.24) is 0 Å². The number of rotatable bonds is 10. The Balaban J connectivity index is 1.61. The van der Waals surface area contributed by atoms with Crippen molar-refractivity contribution in [3.63, 3.8) is 0 Å². The van der Waals surface area contributed by atoms with E-state index < -0.39 is 5.97 Å².